The first-order valence-electron chi connectivity index (χ1n) is 51.0. The number of rotatable bonds is 19. The van der Waals surface area contributed by atoms with Crippen molar-refractivity contribution in [2.45, 2.75) is 175 Å². The van der Waals surface area contributed by atoms with E-state index in [4.69, 9.17) is 91.4 Å². The molecule has 0 aliphatic carbocycles. The fourth-order valence-electron chi connectivity index (χ4n) is 13.6. The van der Waals surface area contributed by atoms with Crippen LogP contribution in [0.1, 0.15) is 248 Å². The number of methoxy groups -OCH3 is 8. The number of nitrogens with zero attached hydrogens (tertiary/aromatic N) is 4. The van der Waals surface area contributed by atoms with Crippen molar-refractivity contribution in [3.63, 3.8) is 0 Å². The maximum Gasteiger partial charge on any atom is 0.161 e. The molecule has 16 nitrogen and oxygen atoms in total. The average molecular weight is 1350 g/mol. The first kappa shape index (κ1) is 37.1. The summed E-state index contributed by atoms with van der Waals surface area (Å²) in [5, 5.41) is 0. The molecule has 12 rings (SSSR count). The number of Topliss-reactive ketones (excluding diaryl/α,β-unsaturated/α-hetero) is 4. The van der Waals surface area contributed by atoms with Crippen molar-refractivity contribution in [1.82, 2.24) is 19.6 Å². The van der Waals surface area contributed by atoms with E-state index >= 15 is 0 Å². The second-order valence-electron chi connectivity index (χ2n) is 24.4. The number of hydrogen-bond donors (Lipinski definition) is 0. The van der Waals surface area contributed by atoms with Crippen LogP contribution < -0.4 is 37.9 Å². The average Bonchev–Trinajstić information content (AvgIpc) is 0.677. The minimum atomic E-state index is -3.69. The number of ether oxygens (including phenoxy) is 8. The van der Waals surface area contributed by atoms with Gasteiger partial charge < -0.3 is 37.9 Å². The van der Waals surface area contributed by atoms with Crippen molar-refractivity contribution in [3.05, 3.63) is 93.0 Å². The van der Waals surface area contributed by atoms with E-state index in [9.17, 15) is 19.2 Å². The lowest BCUT2D eigenvalue weighted by Gasteiger charge is -2.43. The van der Waals surface area contributed by atoms with Gasteiger partial charge in [0.05, 0.1) is 69.0 Å². The minimum Gasteiger partial charge on any atom is -0.493 e. The van der Waals surface area contributed by atoms with Gasteiger partial charge in [-0.25, -0.2) is 0 Å². The van der Waals surface area contributed by atoms with E-state index in [2.05, 4.69) is 0 Å². The van der Waals surface area contributed by atoms with Crippen LogP contribution >= 0.6 is 0 Å². The summed E-state index contributed by atoms with van der Waals surface area (Å²) in [5.74, 6) is -19.7. The number of fused-ring (bicyclic) bond motifs is 12. The predicted octanol–water partition coefficient (Wildman–Crippen LogP) is 14.1. The van der Waals surface area contributed by atoms with Gasteiger partial charge in [-0.3, -0.25) is 38.8 Å². The smallest absolute Gasteiger partial charge is 0.161 e. The molecule has 522 valence electrons. The lowest BCUT2D eigenvalue weighted by atomic mass is 9.79. The first-order valence-corrected chi connectivity index (χ1v) is 31.5. The van der Waals surface area contributed by atoms with Gasteiger partial charge in [-0.05, 0) is 168 Å². The summed E-state index contributed by atoms with van der Waals surface area (Å²) in [4.78, 5) is 60.0. The Morgan fingerprint density at radius 1 is 0.442 bits per heavy atom. The molecule has 8 aliphatic rings. The molecule has 95 heavy (non-hydrogen) atoms. The highest BCUT2D eigenvalue weighted by atomic mass is 16.5. The summed E-state index contributed by atoms with van der Waals surface area (Å²) in [5.41, 5.74) is 5.28. The minimum absolute atomic E-state index is 0.00157. The lowest BCUT2D eigenvalue weighted by Crippen LogP contribution is -2.46. The van der Waals surface area contributed by atoms with E-state index in [-0.39, 0.29) is 104 Å². The third-order valence-electron chi connectivity index (χ3n) is 18.4. The topological polar surface area (TPSA) is 155 Å². The van der Waals surface area contributed by atoms with E-state index in [0.29, 0.717) is 74.0 Å². The molecule has 4 aromatic carbocycles. The highest BCUT2D eigenvalue weighted by Gasteiger charge is 2.43. The van der Waals surface area contributed by atoms with E-state index in [0.717, 1.165) is 36.1 Å². The van der Waals surface area contributed by atoms with Gasteiger partial charge in [0, 0.05) is 167 Å². The Hall–Kier alpha value is -6.20. The molecule has 0 N–H and O–H groups in total. The Morgan fingerprint density at radius 2 is 0.747 bits per heavy atom. The fraction of sp³-hybridized carbons (Fsp3) is 0.646. The molecule has 0 bridgehead atoms. The van der Waals surface area contributed by atoms with Crippen molar-refractivity contribution in [2.24, 2.45) is 47.2 Å². The molecule has 0 amide bonds. The Morgan fingerprint density at radius 3 is 1.07 bits per heavy atom. The molecular formula is C79H114N4O12. The Labute approximate surface area is 623 Å². The number of piperidine rings is 4. The van der Waals surface area contributed by atoms with Crippen LogP contribution in [0.5, 0.6) is 46.0 Å². The highest BCUT2D eigenvalue weighted by molar-refractivity contribution is 5.85. The molecule has 16 heteroatoms. The number of carbonyl (C=O) groups is 4. The molecule has 0 spiro atoms. The summed E-state index contributed by atoms with van der Waals surface area (Å²) in [7, 11) is -1.17. The SMILES string of the molecule is [2H]C([2H])([2H])C([2H])(C([2H])([2H])C)C([2H])([2H])C1CN2CCc3cc(OC)c(OC)cc3C2CC1=O.[2H]C([2H])([2H])Oc1cc2c(cc1OC)CCN1CC(C([2H])([2H])C([2H])(C([2H])([2H])[2H])C([2H])([2H])C)C(=O)CC21.[2H]C([2H])([2H])Oc1cc2c(cc1OC)CCN1CC([2H])(C([2H])([2H])C([2H])(C([2H])([2H])[2H])C([2H])([2H])C)C(=O)C([2H])([2H])C21.[2H]C([2H])([2H])Oc1cc2c(cc1OC)CCN1CC([2H])(CC(C)C)C(=O)C([2H])([2H])C21. The van der Waals surface area contributed by atoms with E-state index in [1.165, 1.54) is 57.6 Å². The van der Waals surface area contributed by atoms with Crippen LogP contribution in [-0.2, 0) is 44.9 Å². The van der Waals surface area contributed by atoms with Crippen LogP contribution in [0.25, 0.3) is 0 Å². The molecular weight excluding hydrogens is 1200 g/mol. The van der Waals surface area contributed by atoms with Gasteiger partial charge in [0.25, 0.3) is 0 Å². The Kier molecular flexibility index (Phi) is 13.0. The second kappa shape index (κ2) is 33.4. The number of benzene rings is 4. The molecule has 0 radical (unpaired) electrons. The molecule has 8 heterocycles. The van der Waals surface area contributed by atoms with E-state index in [1.807, 2.05) is 35.8 Å². The lowest BCUT2D eigenvalue weighted by molar-refractivity contribution is -0.130. The van der Waals surface area contributed by atoms with Crippen molar-refractivity contribution in [3.8, 4) is 46.0 Å². The van der Waals surface area contributed by atoms with Crippen LogP contribution in [-0.4, -0.2) is 152 Å². The monoisotopic (exact) mass is 1350 g/mol. The summed E-state index contributed by atoms with van der Waals surface area (Å²) >= 11 is 0. The zero-order valence-corrected chi connectivity index (χ0v) is 55.5. The first-order chi connectivity index (χ1) is 60.5. The van der Waals surface area contributed by atoms with Gasteiger partial charge in [-0.1, -0.05) is 74.3 Å². The van der Waals surface area contributed by atoms with Gasteiger partial charge in [0.2, 0.25) is 0 Å². The van der Waals surface area contributed by atoms with Crippen LogP contribution in [0.15, 0.2) is 48.5 Å². The molecule has 4 aromatic rings. The van der Waals surface area contributed by atoms with Gasteiger partial charge in [0.1, 0.15) is 23.1 Å². The van der Waals surface area contributed by atoms with Gasteiger partial charge in [-0.15, -0.1) is 0 Å². The normalized spacial score (nSPS) is 36.1. The number of ketones is 4. The molecule has 0 saturated carbocycles. The van der Waals surface area contributed by atoms with Gasteiger partial charge in [-0.2, -0.15) is 0 Å². The summed E-state index contributed by atoms with van der Waals surface area (Å²) in [6.45, 7) is -3.54. The maximum absolute atomic E-state index is 13.7. The van der Waals surface area contributed by atoms with Crippen LogP contribution in [0.3, 0.4) is 0 Å². The molecule has 11 unspecified atom stereocenters. The van der Waals surface area contributed by atoms with Crippen molar-refractivity contribution in [2.75, 3.05) is 109 Å². The van der Waals surface area contributed by atoms with Crippen molar-refractivity contribution in [1.29, 1.82) is 0 Å². The van der Waals surface area contributed by atoms with Gasteiger partial charge in [0.15, 0.2) is 46.0 Å². The third-order valence-corrected chi connectivity index (χ3v) is 18.4. The molecule has 4 fully saturated rings. The molecule has 4 saturated heterocycles. The van der Waals surface area contributed by atoms with Crippen LogP contribution in [0, 0.1) is 47.2 Å². The summed E-state index contributed by atoms with van der Waals surface area (Å²) in [6.07, 6.45) is -21.6. The molecule has 11 atom stereocenters. The predicted molar refractivity (Wildman–Crippen MR) is 374 cm³/mol. The highest BCUT2D eigenvalue weighted by Crippen LogP contribution is 2.48. The fourth-order valence-corrected chi connectivity index (χ4v) is 13.6. The Balaban J connectivity index is 0.000000201. The molecule has 8 aliphatic heterocycles. The standard InChI is InChI=1S/3C20H29NO3.C19H27NO3/c3*1-5-13(2)8-15-12-21-7-6-14-9-19(23-3)20(24-4)10-16(14)17(21)11-18(15)22;1-12(2)7-14-11-20-6-5-13-8-18(22-3)19(23-4)9-15(13)16(20)10-17(14)21/h3*9-10,13,15,17H,5-8,11-12H2,1-4H3;8-9,12,14,16H,5-7,10-11H2,1-4H3/i2D3,4D3,5D2,8D2,11D2,13D,15D;2D3,4D3,5D2,8D2,13D;2D3,5D2,8D2,13D;4D3,10D2,14D. The van der Waals surface area contributed by atoms with Gasteiger partial charge >= 0.3 is 0 Å². The second-order valence-corrected chi connectivity index (χ2v) is 24.4. The largest absolute Gasteiger partial charge is 0.493 e. The number of hydrogen-bond acceptors (Lipinski definition) is 16. The summed E-state index contributed by atoms with van der Waals surface area (Å²) < 4.78 is 355. The van der Waals surface area contributed by atoms with Crippen molar-refractivity contribution < 1.29 is 111 Å². The molecule has 0 aromatic heterocycles. The van der Waals surface area contributed by atoms with Crippen molar-refractivity contribution >= 4 is 23.1 Å². The zero-order chi connectivity index (χ0) is 102. The van der Waals surface area contributed by atoms with Crippen LogP contribution in [0.2, 0.25) is 0 Å². The van der Waals surface area contributed by atoms with E-state index in [1.54, 1.807) is 24.1 Å². The quantitative estimate of drug-likeness (QED) is 0.0873. The number of carbonyl (C=O) groups excluding carboxylic acids is 4. The summed E-state index contributed by atoms with van der Waals surface area (Å²) in [6, 6.07) is 9.46. The maximum atomic E-state index is 13.7. The third kappa shape index (κ3) is 16.9. The van der Waals surface area contributed by atoms with Crippen LogP contribution in [0.4, 0.5) is 0 Å². The zero-order valence-electron chi connectivity index (χ0n) is 94.5. The van der Waals surface area contributed by atoms with E-state index < -0.39 is 182 Å². The Bertz CT molecular complexity index is 4980.